The van der Waals surface area contributed by atoms with Crippen molar-refractivity contribution in [3.63, 3.8) is 0 Å². The summed E-state index contributed by atoms with van der Waals surface area (Å²) in [5.74, 6) is -0.759. The van der Waals surface area contributed by atoms with Gasteiger partial charge in [-0.25, -0.2) is 4.39 Å². The number of hydrogen-bond donors (Lipinski definition) is 0. The van der Waals surface area contributed by atoms with Gasteiger partial charge in [-0.2, -0.15) is 0 Å². The highest BCUT2D eigenvalue weighted by Crippen LogP contribution is 2.35. The zero-order valence-electron chi connectivity index (χ0n) is 14.7. The van der Waals surface area contributed by atoms with Gasteiger partial charge >= 0.3 is 5.97 Å². The van der Waals surface area contributed by atoms with Crippen molar-refractivity contribution in [2.45, 2.75) is 30.6 Å². The Kier molecular flexibility index (Phi) is 5.93. The molecule has 0 radical (unpaired) electrons. The number of hydrogen-bond acceptors (Lipinski definition) is 5. The second-order valence-corrected chi connectivity index (χ2v) is 6.79. The molecule has 1 unspecified atom stereocenters. The molecule has 1 atom stereocenters. The first kappa shape index (κ1) is 18.5. The van der Waals surface area contributed by atoms with E-state index in [1.165, 1.54) is 12.1 Å². The Bertz CT molecular complexity index is 820. The molecular formula is C20H20FNO3S. The monoisotopic (exact) mass is 373 g/mol. The van der Waals surface area contributed by atoms with Crippen molar-refractivity contribution in [3.05, 3.63) is 53.8 Å². The third kappa shape index (κ3) is 4.07. The van der Waals surface area contributed by atoms with Gasteiger partial charge < -0.3 is 9.57 Å². The molecule has 4 nitrogen and oxygen atoms in total. The lowest BCUT2D eigenvalue weighted by Gasteiger charge is -2.19. The molecular weight excluding hydrogens is 353 g/mol. The lowest BCUT2D eigenvalue weighted by atomic mass is 9.89. The number of rotatable bonds is 5. The smallest absolute Gasteiger partial charge is 0.320 e. The van der Waals surface area contributed by atoms with Crippen LogP contribution < -0.4 is 0 Å². The van der Waals surface area contributed by atoms with Crippen LogP contribution in [0.4, 0.5) is 4.39 Å². The summed E-state index contributed by atoms with van der Waals surface area (Å²) >= 11 is 1.62. The number of ether oxygens (including phenoxy) is 1. The van der Waals surface area contributed by atoms with Crippen molar-refractivity contribution in [3.8, 4) is 11.1 Å². The van der Waals surface area contributed by atoms with Crippen LogP contribution in [0.5, 0.6) is 0 Å². The second-order valence-electron chi connectivity index (χ2n) is 5.91. The zero-order chi connectivity index (χ0) is 18.5. The molecule has 1 aliphatic heterocycles. The number of esters is 1. The standard InChI is InChI=1S/C20H20FNO3S/c1-3-16(20(23)25-19-10-11-24-22-19)17-9-8-15(26-2)12-18(17)13-4-6-14(21)7-5-13/h4-9,12,16H,3,10-11H2,1-2H3. The third-order valence-electron chi connectivity index (χ3n) is 4.28. The highest BCUT2D eigenvalue weighted by atomic mass is 32.2. The number of benzene rings is 2. The second kappa shape index (κ2) is 8.36. The Hall–Kier alpha value is -2.34. The van der Waals surface area contributed by atoms with Gasteiger partial charge in [0.2, 0.25) is 5.90 Å². The van der Waals surface area contributed by atoms with Crippen molar-refractivity contribution in [1.82, 2.24) is 0 Å². The van der Waals surface area contributed by atoms with E-state index in [4.69, 9.17) is 9.57 Å². The SMILES string of the molecule is CCC(C(=O)OC1=NOCC1)c1ccc(SC)cc1-c1ccc(F)cc1. The summed E-state index contributed by atoms with van der Waals surface area (Å²) in [5.41, 5.74) is 2.64. The van der Waals surface area contributed by atoms with E-state index in [1.54, 1.807) is 23.9 Å². The summed E-state index contributed by atoms with van der Waals surface area (Å²) in [4.78, 5) is 18.7. The average Bonchev–Trinajstić information content (AvgIpc) is 3.16. The fourth-order valence-electron chi connectivity index (χ4n) is 2.91. The van der Waals surface area contributed by atoms with Crippen LogP contribution in [-0.2, 0) is 14.4 Å². The highest BCUT2D eigenvalue weighted by molar-refractivity contribution is 7.98. The molecule has 0 fully saturated rings. The minimum absolute atomic E-state index is 0.290. The maximum atomic E-state index is 13.3. The van der Waals surface area contributed by atoms with E-state index in [1.807, 2.05) is 31.4 Å². The predicted octanol–water partition coefficient (Wildman–Crippen LogP) is 4.99. The summed E-state index contributed by atoms with van der Waals surface area (Å²) in [7, 11) is 0. The maximum Gasteiger partial charge on any atom is 0.320 e. The molecule has 2 aromatic rings. The summed E-state index contributed by atoms with van der Waals surface area (Å²) in [6.07, 6.45) is 3.07. The van der Waals surface area contributed by atoms with Gasteiger partial charge in [0.15, 0.2) is 0 Å². The zero-order valence-corrected chi connectivity index (χ0v) is 15.5. The lowest BCUT2D eigenvalue weighted by molar-refractivity contribution is -0.137. The predicted molar refractivity (Wildman–Crippen MR) is 101 cm³/mol. The van der Waals surface area contributed by atoms with Crippen molar-refractivity contribution >= 4 is 23.6 Å². The maximum absolute atomic E-state index is 13.3. The molecule has 0 N–H and O–H groups in total. The minimum atomic E-state index is -0.436. The van der Waals surface area contributed by atoms with Crippen LogP contribution in [0, 0.1) is 5.82 Å². The minimum Gasteiger partial charge on any atom is -0.408 e. The van der Waals surface area contributed by atoms with Gasteiger partial charge in [-0.3, -0.25) is 4.79 Å². The normalized spacial score (nSPS) is 14.5. The molecule has 2 aromatic carbocycles. The first-order valence-corrected chi connectivity index (χ1v) is 9.69. The summed E-state index contributed by atoms with van der Waals surface area (Å²) in [5, 5.41) is 3.73. The Morgan fingerprint density at radius 3 is 2.69 bits per heavy atom. The Morgan fingerprint density at radius 1 is 1.31 bits per heavy atom. The molecule has 3 rings (SSSR count). The van der Waals surface area contributed by atoms with Crippen LogP contribution in [0.25, 0.3) is 11.1 Å². The van der Waals surface area contributed by atoms with Crippen LogP contribution in [0.15, 0.2) is 52.5 Å². The van der Waals surface area contributed by atoms with E-state index in [2.05, 4.69) is 5.16 Å². The Labute approximate surface area is 156 Å². The average molecular weight is 373 g/mol. The van der Waals surface area contributed by atoms with E-state index < -0.39 is 5.92 Å². The van der Waals surface area contributed by atoms with Crippen molar-refractivity contribution < 1.29 is 18.8 Å². The van der Waals surface area contributed by atoms with E-state index in [-0.39, 0.29) is 11.8 Å². The first-order chi connectivity index (χ1) is 12.6. The molecule has 0 bridgehead atoms. The van der Waals surface area contributed by atoms with Crippen molar-refractivity contribution in [1.29, 1.82) is 0 Å². The molecule has 0 saturated heterocycles. The van der Waals surface area contributed by atoms with Crippen LogP contribution >= 0.6 is 11.8 Å². The molecule has 0 aromatic heterocycles. The third-order valence-corrected chi connectivity index (χ3v) is 5.00. The largest absolute Gasteiger partial charge is 0.408 e. The van der Waals surface area contributed by atoms with Gasteiger partial charge in [0.25, 0.3) is 0 Å². The van der Waals surface area contributed by atoms with E-state index in [0.717, 1.165) is 21.6 Å². The van der Waals surface area contributed by atoms with Crippen LogP contribution in [0.3, 0.4) is 0 Å². The Morgan fingerprint density at radius 2 is 2.08 bits per heavy atom. The van der Waals surface area contributed by atoms with Gasteiger partial charge in [-0.15, -0.1) is 11.8 Å². The van der Waals surface area contributed by atoms with E-state index in [9.17, 15) is 9.18 Å². The van der Waals surface area contributed by atoms with E-state index in [0.29, 0.717) is 25.3 Å². The van der Waals surface area contributed by atoms with Gasteiger partial charge in [-0.05, 0) is 53.6 Å². The molecule has 26 heavy (non-hydrogen) atoms. The molecule has 6 heteroatoms. The topological polar surface area (TPSA) is 47.9 Å². The summed E-state index contributed by atoms with van der Waals surface area (Å²) < 4.78 is 18.7. The van der Waals surface area contributed by atoms with E-state index >= 15 is 0 Å². The molecule has 1 aliphatic rings. The van der Waals surface area contributed by atoms with Crippen LogP contribution in [0.2, 0.25) is 0 Å². The highest BCUT2D eigenvalue weighted by Gasteiger charge is 2.26. The molecule has 0 saturated carbocycles. The molecule has 0 aliphatic carbocycles. The van der Waals surface area contributed by atoms with Gasteiger partial charge in [0.05, 0.1) is 12.3 Å². The molecule has 136 valence electrons. The number of oxime groups is 1. The molecule has 0 spiro atoms. The van der Waals surface area contributed by atoms with Crippen LogP contribution in [0.1, 0.15) is 31.2 Å². The quantitative estimate of drug-likeness (QED) is 0.547. The summed E-state index contributed by atoms with van der Waals surface area (Å²) in [6.45, 7) is 2.37. The fourth-order valence-corrected chi connectivity index (χ4v) is 3.35. The number of nitrogens with zero attached hydrogens (tertiary/aromatic N) is 1. The number of carbonyl (C=O) groups excluding carboxylic acids is 1. The lowest BCUT2D eigenvalue weighted by Crippen LogP contribution is -2.19. The molecule has 0 amide bonds. The fraction of sp³-hybridized carbons (Fsp3) is 0.300. The summed E-state index contributed by atoms with van der Waals surface area (Å²) in [6, 6.07) is 12.3. The van der Waals surface area contributed by atoms with Gasteiger partial charge in [0.1, 0.15) is 12.4 Å². The molecule has 1 heterocycles. The Balaban J connectivity index is 1.98. The number of halogens is 1. The van der Waals surface area contributed by atoms with Gasteiger partial charge in [-0.1, -0.05) is 30.3 Å². The van der Waals surface area contributed by atoms with Gasteiger partial charge in [0, 0.05) is 4.90 Å². The van der Waals surface area contributed by atoms with Crippen molar-refractivity contribution in [2.75, 3.05) is 12.9 Å². The van der Waals surface area contributed by atoms with Crippen molar-refractivity contribution in [2.24, 2.45) is 5.16 Å². The number of thioether (sulfide) groups is 1. The number of carbonyl (C=O) groups is 1. The van der Waals surface area contributed by atoms with Crippen LogP contribution in [-0.4, -0.2) is 24.7 Å². The first-order valence-electron chi connectivity index (χ1n) is 8.46.